The van der Waals surface area contributed by atoms with E-state index >= 15 is 0 Å². The molecule has 6 N–H and O–H groups in total. The molecular formula is C66H106N8O12S. The molecule has 1 fully saturated rings. The number of aromatic nitrogens is 1. The molecule has 9 atom stereocenters. The number of unbranched alkanes of at least 4 members (excludes halogenated alkanes) is 2. The van der Waals surface area contributed by atoms with Crippen LogP contribution in [0.4, 0.5) is 0 Å². The number of carbonyl (C=O) groups is 6. The number of nitrogens with zero attached hydrogens (tertiary/aromatic N) is 4. The topological polar surface area (TPSA) is 258 Å². The third-order valence-electron chi connectivity index (χ3n) is 18.0. The molecule has 21 heteroatoms. The Balaban J connectivity index is 1.34. The Kier molecular flexibility index (Phi) is 29.7. The van der Waals surface area contributed by atoms with Crippen molar-refractivity contribution in [2.75, 3.05) is 47.2 Å². The molecular weight excluding hydrogens is 1130 g/mol. The van der Waals surface area contributed by atoms with Gasteiger partial charge in [0.25, 0.3) is 0 Å². The number of hydrogen-bond acceptors (Lipinski definition) is 13. The fraction of sp³-hybridized carbons (Fsp3) is 0.667. The van der Waals surface area contributed by atoms with E-state index in [1.54, 1.807) is 61.2 Å². The Bertz CT molecular complexity index is 2760. The van der Waals surface area contributed by atoms with Crippen LogP contribution in [0.2, 0.25) is 0 Å². The molecule has 1 aromatic heterocycles. The number of aromatic hydroxyl groups is 2. The van der Waals surface area contributed by atoms with Crippen LogP contribution in [-0.2, 0) is 72.2 Å². The molecule has 1 aliphatic heterocycles. The van der Waals surface area contributed by atoms with Crippen LogP contribution < -0.4 is 21.5 Å². The van der Waals surface area contributed by atoms with Crippen LogP contribution in [0.1, 0.15) is 163 Å². The van der Waals surface area contributed by atoms with Crippen LogP contribution >= 0.6 is 0 Å². The summed E-state index contributed by atoms with van der Waals surface area (Å²) in [6.07, 6.45) is 4.77. The number of sulfone groups is 1. The van der Waals surface area contributed by atoms with Gasteiger partial charge in [0, 0.05) is 64.9 Å². The summed E-state index contributed by atoms with van der Waals surface area (Å²) in [4.78, 5) is 88.6. The number of benzene rings is 2. The van der Waals surface area contributed by atoms with Gasteiger partial charge in [-0.25, -0.2) is 8.42 Å². The lowest BCUT2D eigenvalue weighted by Crippen LogP contribution is -2.60. The number of nitrogens with one attached hydrogen (secondary N) is 4. The van der Waals surface area contributed by atoms with E-state index in [0.717, 1.165) is 24.0 Å². The number of hydrogen-bond donors (Lipinski definition) is 6. The molecule has 3 aromatic rings. The van der Waals surface area contributed by atoms with Crippen LogP contribution in [0.5, 0.6) is 11.8 Å². The maximum atomic E-state index is 14.8. The standard InChI is InChI=1S/C66H106N8O12S/c1-15-46(8)60(53(85-13)41-57(78)73-38-27-33-52(73)61(86-14)47(9)62(79)67-50(39-48-29-21-18-22-30-48)43-87(83,84)42-49-31-23-19-24-32-49)72(12)65(82)58(44(4)5)68-63(80)59(45(6)7)71(11)36-28-35-55(76)70-69-54(75)34-25-20-26-37-74-56(77)40-51(64(74)81)66(10,16-2)17-3/h18-19,21-24,29-32,40,44-47,50,52-53,58-61,77,81H,15-17,20,25-28,33-39,41-43H2,1-14H3,(H,67,79)(H,68,80)(H,69,75)(H,70,76). The molecule has 0 radical (unpaired) electrons. The van der Waals surface area contributed by atoms with Crippen LogP contribution in [0, 0.1) is 23.7 Å². The maximum Gasteiger partial charge on any atom is 0.245 e. The molecule has 4 rings (SSSR count). The van der Waals surface area contributed by atoms with Gasteiger partial charge in [-0.2, -0.15) is 0 Å². The Hall–Kier alpha value is -6.03. The number of ether oxygens (including phenoxy) is 2. The highest BCUT2D eigenvalue weighted by atomic mass is 32.2. The predicted molar refractivity (Wildman–Crippen MR) is 340 cm³/mol. The van der Waals surface area contributed by atoms with Crippen molar-refractivity contribution in [1.82, 2.24) is 40.8 Å². The Morgan fingerprint density at radius 1 is 0.770 bits per heavy atom. The van der Waals surface area contributed by atoms with Crippen molar-refractivity contribution in [2.24, 2.45) is 23.7 Å². The van der Waals surface area contributed by atoms with Crippen molar-refractivity contribution >= 4 is 45.3 Å². The Labute approximate surface area is 519 Å². The van der Waals surface area contributed by atoms with Crippen LogP contribution in [-0.4, -0.2) is 163 Å². The monoisotopic (exact) mass is 1230 g/mol. The summed E-state index contributed by atoms with van der Waals surface area (Å²) in [6, 6.07) is 16.6. The van der Waals surface area contributed by atoms with Gasteiger partial charge in [-0.3, -0.25) is 49.1 Å². The van der Waals surface area contributed by atoms with Gasteiger partial charge in [-0.05, 0) is 99.3 Å². The number of likely N-dealkylation sites (tertiary alicyclic amines) is 1. The van der Waals surface area contributed by atoms with Crippen LogP contribution in [0.3, 0.4) is 0 Å². The van der Waals surface area contributed by atoms with Gasteiger partial charge in [0.1, 0.15) is 6.04 Å². The number of methoxy groups -OCH3 is 2. The van der Waals surface area contributed by atoms with E-state index < -0.39 is 58.2 Å². The smallest absolute Gasteiger partial charge is 0.245 e. The van der Waals surface area contributed by atoms with Crippen molar-refractivity contribution in [3.8, 4) is 11.8 Å². The molecule has 6 amide bonds. The van der Waals surface area contributed by atoms with Gasteiger partial charge in [0.05, 0.1) is 54.2 Å². The molecule has 1 saturated heterocycles. The molecule has 488 valence electrons. The molecule has 1 aliphatic rings. The van der Waals surface area contributed by atoms with Crippen LogP contribution in [0.25, 0.3) is 0 Å². The molecule has 9 unspecified atom stereocenters. The summed E-state index contributed by atoms with van der Waals surface area (Å²) < 4.78 is 40.9. The first-order valence-corrected chi connectivity index (χ1v) is 33.4. The van der Waals surface area contributed by atoms with Crippen molar-refractivity contribution in [2.45, 2.75) is 213 Å². The third kappa shape index (κ3) is 21.3. The van der Waals surface area contributed by atoms with Gasteiger partial charge in [0.2, 0.25) is 35.4 Å². The average Bonchev–Trinajstić information content (AvgIpc) is 2.90. The van der Waals surface area contributed by atoms with Crippen molar-refractivity contribution in [1.29, 1.82) is 0 Å². The molecule has 0 saturated carbocycles. The van der Waals surface area contributed by atoms with Gasteiger partial charge >= 0.3 is 0 Å². The van der Waals surface area contributed by atoms with E-state index in [4.69, 9.17) is 9.47 Å². The lowest BCUT2D eigenvalue weighted by molar-refractivity contribution is -0.148. The van der Waals surface area contributed by atoms with E-state index in [9.17, 15) is 47.4 Å². The normalized spacial score (nSPS) is 16.6. The van der Waals surface area contributed by atoms with Gasteiger partial charge in [-0.15, -0.1) is 0 Å². The first-order chi connectivity index (χ1) is 41.2. The molecule has 87 heavy (non-hydrogen) atoms. The summed E-state index contributed by atoms with van der Waals surface area (Å²) in [7, 11) is 2.87. The second-order valence-corrected chi connectivity index (χ2v) is 27.2. The zero-order valence-electron chi connectivity index (χ0n) is 54.6. The largest absolute Gasteiger partial charge is 0.494 e. The molecule has 2 aromatic carbocycles. The van der Waals surface area contributed by atoms with Gasteiger partial charge < -0.3 is 40.1 Å². The van der Waals surface area contributed by atoms with E-state index in [1.807, 2.05) is 82.8 Å². The number of hydrazine groups is 1. The summed E-state index contributed by atoms with van der Waals surface area (Å²) in [5, 5.41) is 27.5. The average molecular weight is 1240 g/mol. The molecule has 20 nitrogen and oxygen atoms in total. The fourth-order valence-corrected chi connectivity index (χ4v) is 13.9. The summed E-state index contributed by atoms with van der Waals surface area (Å²) >= 11 is 0. The molecule has 2 heterocycles. The zero-order valence-corrected chi connectivity index (χ0v) is 55.4. The lowest BCUT2D eigenvalue weighted by Gasteiger charge is -2.41. The summed E-state index contributed by atoms with van der Waals surface area (Å²) in [6.45, 7) is 20.7. The zero-order chi connectivity index (χ0) is 64.8. The predicted octanol–water partition coefficient (Wildman–Crippen LogP) is 7.83. The first kappa shape index (κ1) is 73.4. The van der Waals surface area contributed by atoms with E-state index in [1.165, 1.54) is 18.8 Å². The number of likely N-dealkylation sites (N-methyl/N-ethyl adjacent to an activating group) is 2. The number of carbonyl (C=O) groups excluding carboxylic acids is 6. The van der Waals surface area contributed by atoms with E-state index in [2.05, 4.69) is 42.3 Å². The van der Waals surface area contributed by atoms with Crippen molar-refractivity contribution in [3.05, 3.63) is 83.4 Å². The maximum absolute atomic E-state index is 14.8. The number of rotatable bonds is 37. The highest BCUT2D eigenvalue weighted by Crippen LogP contribution is 2.41. The quantitative estimate of drug-likeness (QED) is 0.0238. The fourth-order valence-electron chi connectivity index (χ4n) is 12.3. The van der Waals surface area contributed by atoms with Gasteiger partial charge in [-0.1, -0.05) is 143 Å². The minimum atomic E-state index is -3.65. The van der Waals surface area contributed by atoms with Crippen LogP contribution in [0.15, 0.2) is 66.7 Å². The number of amides is 6. The minimum Gasteiger partial charge on any atom is -0.494 e. The molecule has 0 spiro atoms. The second-order valence-electron chi connectivity index (χ2n) is 25.1. The van der Waals surface area contributed by atoms with E-state index in [0.29, 0.717) is 76.6 Å². The van der Waals surface area contributed by atoms with E-state index in [-0.39, 0.29) is 101 Å². The highest BCUT2D eigenvalue weighted by Gasteiger charge is 2.44. The SMILES string of the molecule is CCC(C)C(C(CC(=O)N1CCCC1C(OC)C(C)C(=O)NC(Cc1ccccc1)CS(=O)(=O)Cc1ccccc1)OC)N(C)C(=O)C(NC(=O)C(C(C)C)N(C)CCCC(=O)NNC(=O)CCCCCn1c(O)cc(C(C)(CC)CC)c1O)C(C)C. The molecule has 0 aliphatic carbocycles. The first-order valence-electron chi connectivity index (χ1n) is 31.6. The third-order valence-corrected chi connectivity index (χ3v) is 19.7. The van der Waals surface area contributed by atoms with Crippen molar-refractivity contribution < 1.29 is 56.9 Å². The second kappa shape index (κ2) is 35.2. The summed E-state index contributed by atoms with van der Waals surface area (Å²) in [5.41, 5.74) is 6.99. The minimum absolute atomic E-state index is 0.0159. The Morgan fingerprint density at radius 3 is 1.92 bits per heavy atom. The molecule has 0 bridgehead atoms. The van der Waals surface area contributed by atoms with Gasteiger partial charge in [0.15, 0.2) is 21.6 Å². The highest BCUT2D eigenvalue weighted by molar-refractivity contribution is 7.90. The lowest BCUT2D eigenvalue weighted by atomic mass is 9.79. The Morgan fingerprint density at radius 2 is 1.37 bits per heavy atom. The van der Waals surface area contributed by atoms with Crippen molar-refractivity contribution in [3.63, 3.8) is 0 Å². The summed E-state index contributed by atoms with van der Waals surface area (Å²) in [5.74, 6) is -3.77.